The van der Waals surface area contributed by atoms with Crippen molar-refractivity contribution in [1.82, 2.24) is 9.78 Å². The Kier molecular flexibility index (Phi) is 5.83. The van der Waals surface area contributed by atoms with Crippen LogP contribution >= 0.6 is 0 Å². The number of anilines is 1. The standard InChI is InChI=1S/C17H19N3O4/c1-3-4-11-20-15(21)10-9-14(19-20)16(22)18-13-8-6-5-7-12(13)17(23)24-2/h5-10H,3-4,11H2,1-2H3,(H,18,22). The lowest BCUT2D eigenvalue weighted by atomic mass is 10.1. The van der Waals surface area contributed by atoms with Crippen molar-refractivity contribution in [3.05, 3.63) is 58.0 Å². The van der Waals surface area contributed by atoms with E-state index in [1.54, 1.807) is 24.3 Å². The average molecular weight is 329 g/mol. The minimum Gasteiger partial charge on any atom is -0.465 e. The van der Waals surface area contributed by atoms with Crippen LogP contribution in [0.2, 0.25) is 0 Å². The predicted molar refractivity (Wildman–Crippen MR) is 89.1 cm³/mol. The first-order valence-electron chi connectivity index (χ1n) is 7.63. The van der Waals surface area contributed by atoms with Crippen LogP contribution in [0.5, 0.6) is 0 Å². The summed E-state index contributed by atoms with van der Waals surface area (Å²) in [6, 6.07) is 9.18. The van der Waals surface area contributed by atoms with Crippen LogP contribution in [0, 0.1) is 0 Å². The highest BCUT2D eigenvalue weighted by Gasteiger charge is 2.15. The lowest BCUT2D eigenvalue weighted by Crippen LogP contribution is -2.26. The molecule has 1 amide bonds. The van der Waals surface area contributed by atoms with E-state index in [-0.39, 0.29) is 16.8 Å². The van der Waals surface area contributed by atoms with Crippen LogP contribution in [-0.2, 0) is 11.3 Å². The van der Waals surface area contributed by atoms with Gasteiger partial charge in [-0.1, -0.05) is 25.5 Å². The Bertz CT molecular complexity index is 798. The Morgan fingerprint density at radius 3 is 2.67 bits per heavy atom. The summed E-state index contributed by atoms with van der Waals surface area (Å²) >= 11 is 0. The number of carbonyl (C=O) groups excluding carboxylic acids is 2. The summed E-state index contributed by atoms with van der Waals surface area (Å²) in [7, 11) is 1.27. The van der Waals surface area contributed by atoms with E-state index in [0.29, 0.717) is 12.2 Å². The third kappa shape index (κ3) is 4.07. The zero-order valence-electron chi connectivity index (χ0n) is 13.6. The molecule has 1 aromatic heterocycles. The van der Waals surface area contributed by atoms with Crippen molar-refractivity contribution in [2.45, 2.75) is 26.3 Å². The molecular weight excluding hydrogens is 310 g/mol. The molecule has 24 heavy (non-hydrogen) atoms. The number of aryl methyl sites for hydroxylation is 1. The first-order valence-corrected chi connectivity index (χ1v) is 7.63. The number of unbranched alkanes of at least 4 members (excludes halogenated alkanes) is 1. The molecule has 0 bridgehead atoms. The molecule has 1 heterocycles. The lowest BCUT2D eigenvalue weighted by molar-refractivity contribution is 0.0602. The number of rotatable bonds is 6. The van der Waals surface area contributed by atoms with E-state index in [1.165, 1.54) is 23.9 Å². The highest BCUT2D eigenvalue weighted by Crippen LogP contribution is 2.16. The number of aromatic nitrogens is 2. The fourth-order valence-corrected chi connectivity index (χ4v) is 2.10. The fourth-order valence-electron chi connectivity index (χ4n) is 2.10. The number of benzene rings is 1. The zero-order chi connectivity index (χ0) is 17.5. The molecule has 0 radical (unpaired) electrons. The van der Waals surface area contributed by atoms with Crippen LogP contribution in [0.25, 0.3) is 0 Å². The smallest absolute Gasteiger partial charge is 0.339 e. The first kappa shape index (κ1) is 17.4. The van der Waals surface area contributed by atoms with E-state index in [9.17, 15) is 14.4 Å². The van der Waals surface area contributed by atoms with Crippen molar-refractivity contribution >= 4 is 17.6 Å². The van der Waals surface area contributed by atoms with Crippen LogP contribution in [0.4, 0.5) is 5.69 Å². The summed E-state index contributed by atoms with van der Waals surface area (Å²) in [6.45, 7) is 2.46. The summed E-state index contributed by atoms with van der Waals surface area (Å²) in [5.74, 6) is -1.05. The third-order valence-electron chi connectivity index (χ3n) is 3.40. The second kappa shape index (κ2) is 8.05. The molecule has 1 aromatic carbocycles. The van der Waals surface area contributed by atoms with Crippen LogP contribution in [-0.4, -0.2) is 28.8 Å². The number of amides is 1. The van der Waals surface area contributed by atoms with E-state index in [2.05, 4.69) is 10.4 Å². The maximum absolute atomic E-state index is 12.4. The minimum absolute atomic E-state index is 0.102. The van der Waals surface area contributed by atoms with Crippen molar-refractivity contribution in [1.29, 1.82) is 0 Å². The zero-order valence-corrected chi connectivity index (χ0v) is 13.6. The number of nitrogens with zero attached hydrogens (tertiary/aromatic N) is 2. The average Bonchev–Trinajstić information content (AvgIpc) is 2.60. The van der Waals surface area contributed by atoms with Gasteiger partial charge >= 0.3 is 5.97 Å². The molecule has 0 atom stereocenters. The Hall–Kier alpha value is -2.96. The number of methoxy groups -OCH3 is 1. The molecule has 0 saturated heterocycles. The number of hydrogen-bond acceptors (Lipinski definition) is 5. The molecule has 0 aliphatic carbocycles. The second-order valence-electron chi connectivity index (χ2n) is 5.12. The van der Waals surface area contributed by atoms with Crippen molar-refractivity contribution < 1.29 is 14.3 Å². The van der Waals surface area contributed by atoms with Gasteiger partial charge in [0.15, 0.2) is 0 Å². The lowest BCUT2D eigenvalue weighted by Gasteiger charge is -2.10. The van der Waals surface area contributed by atoms with Crippen LogP contribution in [0.15, 0.2) is 41.2 Å². The fraction of sp³-hybridized carbons (Fsp3) is 0.294. The Labute approximate surface area is 139 Å². The van der Waals surface area contributed by atoms with Gasteiger partial charge in [-0.25, -0.2) is 9.48 Å². The van der Waals surface area contributed by atoms with Gasteiger partial charge in [0.05, 0.1) is 18.4 Å². The second-order valence-corrected chi connectivity index (χ2v) is 5.12. The summed E-state index contributed by atoms with van der Waals surface area (Å²) in [4.78, 5) is 35.9. The summed E-state index contributed by atoms with van der Waals surface area (Å²) in [5, 5.41) is 6.70. The Morgan fingerprint density at radius 1 is 1.21 bits per heavy atom. The number of ether oxygens (including phenoxy) is 1. The van der Waals surface area contributed by atoms with Gasteiger partial charge in [-0.15, -0.1) is 0 Å². The van der Waals surface area contributed by atoms with Crippen molar-refractivity contribution in [3.8, 4) is 0 Å². The maximum atomic E-state index is 12.4. The van der Waals surface area contributed by atoms with Crippen molar-refractivity contribution in [2.75, 3.05) is 12.4 Å². The molecule has 7 heteroatoms. The monoisotopic (exact) mass is 329 g/mol. The molecule has 1 N–H and O–H groups in total. The summed E-state index contributed by atoms with van der Waals surface area (Å²) < 4.78 is 5.96. The van der Waals surface area contributed by atoms with E-state index >= 15 is 0 Å². The highest BCUT2D eigenvalue weighted by molar-refractivity contribution is 6.06. The van der Waals surface area contributed by atoms with Gasteiger partial charge in [-0.2, -0.15) is 5.10 Å². The largest absolute Gasteiger partial charge is 0.465 e. The molecule has 2 rings (SSSR count). The molecular formula is C17H19N3O4. The number of carbonyl (C=O) groups is 2. The van der Waals surface area contributed by atoms with E-state index in [4.69, 9.17) is 4.74 Å². The SMILES string of the molecule is CCCCn1nc(C(=O)Nc2ccccc2C(=O)OC)ccc1=O. The summed E-state index contributed by atoms with van der Waals surface area (Å²) in [5.41, 5.74) is 0.412. The summed E-state index contributed by atoms with van der Waals surface area (Å²) in [6.07, 6.45) is 1.71. The van der Waals surface area contributed by atoms with Crippen molar-refractivity contribution in [3.63, 3.8) is 0 Å². The van der Waals surface area contributed by atoms with Gasteiger partial charge in [-0.3, -0.25) is 9.59 Å². The predicted octanol–water partition coefficient (Wildman–Crippen LogP) is 2.08. The molecule has 0 unspecified atom stereocenters. The molecule has 0 aliphatic heterocycles. The minimum atomic E-state index is -0.549. The maximum Gasteiger partial charge on any atom is 0.339 e. The molecule has 126 valence electrons. The quantitative estimate of drug-likeness (QED) is 0.820. The normalized spacial score (nSPS) is 10.2. The van der Waals surface area contributed by atoms with E-state index < -0.39 is 11.9 Å². The van der Waals surface area contributed by atoms with Gasteiger partial charge in [0.2, 0.25) is 0 Å². The van der Waals surface area contributed by atoms with Crippen LogP contribution in [0.1, 0.15) is 40.6 Å². The van der Waals surface area contributed by atoms with Gasteiger partial charge in [0.25, 0.3) is 11.5 Å². The number of nitrogens with one attached hydrogen (secondary N) is 1. The third-order valence-corrected chi connectivity index (χ3v) is 3.40. The van der Waals surface area contributed by atoms with E-state index in [0.717, 1.165) is 12.8 Å². The Balaban J connectivity index is 2.25. The van der Waals surface area contributed by atoms with Crippen LogP contribution in [0.3, 0.4) is 0 Å². The number of para-hydroxylation sites is 1. The molecule has 0 fully saturated rings. The molecule has 7 nitrogen and oxygen atoms in total. The topological polar surface area (TPSA) is 90.3 Å². The van der Waals surface area contributed by atoms with Gasteiger partial charge < -0.3 is 10.1 Å². The molecule has 0 aliphatic rings. The van der Waals surface area contributed by atoms with Gasteiger partial charge in [0, 0.05) is 12.6 Å². The molecule has 0 saturated carbocycles. The highest BCUT2D eigenvalue weighted by atomic mass is 16.5. The van der Waals surface area contributed by atoms with Gasteiger partial charge in [0.1, 0.15) is 5.69 Å². The molecule has 2 aromatic rings. The molecule has 0 spiro atoms. The van der Waals surface area contributed by atoms with Crippen LogP contribution < -0.4 is 10.9 Å². The van der Waals surface area contributed by atoms with Crippen molar-refractivity contribution in [2.24, 2.45) is 0 Å². The van der Waals surface area contributed by atoms with E-state index in [1.807, 2.05) is 6.92 Å². The first-order chi connectivity index (χ1) is 11.6. The van der Waals surface area contributed by atoms with Gasteiger partial charge in [-0.05, 0) is 24.6 Å². The number of esters is 1. The Morgan fingerprint density at radius 2 is 1.96 bits per heavy atom. The number of hydrogen-bond donors (Lipinski definition) is 1.